The number of fused-ring (bicyclic) bond motifs is 10. The van der Waals surface area contributed by atoms with Gasteiger partial charge in [0, 0.05) is 61.6 Å². The molecule has 3 aliphatic heterocycles. The number of benzene rings is 11. The van der Waals surface area contributed by atoms with Crippen LogP contribution < -0.4 is 25.5 Å². The molecule has 0 atom stereocenters. The van der Waals surface area contributed by atoms with Crippen molar-refractivity contribution < 1.29 is 4.42 Å². The van der Waals surface area contributed by atoms with Crippen LogP contribution in [0.3, 0.4) is 0 Å². The Balaban J connectivity index is 1.04. The Kier molecular flexibility index (Phi) is 9.37. The fourth-order valence-corrected chi connectivity index (χ4v) is 12.6. The zero-order chi connectivity index (χ0) is 49.1. The molecule has 0 fully saturated rings. The molecule has 12 aromatic rings. The molecule has 0 bridgehead atoms. The van der Waals surface area contributed by atoms with E-state index in [1.165, 1.54) is 78.1 Å². The van der Waals surface area contributed by atoms with Gasteiger partial charge in [0.1, 0.15) is 11.2 Å². The van der Waals surface area contributed by atoms with Gasteiger partial charge in [-0.1, -0.05) is 196 Å². The maximum atomic E-state index is 6.80. The smallest absolute Gasteiger partial charge is 0.333 e. The number of nitrogens with zero attached hydrogens (tertiary/aromatic N) is 3. The standard InChI is InChI=1S/C69H48BN3O/c1-69(2)57-24-13-14-27-60(57)72-62-44-54(71(51-35-29-48(30-36-51)45-17-6-3-7-18-45)52-37-31-49(32-38-52)46-19-8-4-9-20-46)43-56-65-61(41-42-64-66(65)55-23-12-15-28-63(55)74-64)73(70(67(56)62)59-26-16-25-58(69)68(59)72)53-39-33-50(34-40-53)47-21-10-5-11-22-47/h3-44H,1-2H3. The van der Waals surface area contributed by atoms with E-state index >= 15 is 0 Å². The van der Waals surface area contributed by atoms with Gasteiger partial charge in [-0.15, -0.1) is 0 Å². The molecule has 0 unspecified atom stereocenters. The van der Waals surface area contributed by atoms with E-state index in [1.54, 1.807) is 0 Å². The number of para-hydroxylation sites is 3. The Morgan fingerprint density at radius 3 is 1.59 bits per heavy atom. The van der Waals surface area contributed by atoms with E-state index in [2.05, 4.69) is 283 Å². The molecule has 5 heteroatoms. The summed E-state index contributed by atoms with van der Waals surface area (Å²) in [4.78, 5) is 7.69. The van der Waals surface area contributed by atoms with E-state index in [0.29, 0.717) is 0 Å². The van der Waals surface area contributed by atoms with E-state index in [9.17, 15) is 0 Å². The minimum absolute atomic E-state index is 0.171. The SMILES string of the molecule is CC1(C)c2ccccc2N2c3cc(N(c4ccc(-c5ccccc5)cc4)c4ccc(-c5ccccc5)cc4)cc4c3B(c3cccc1c32)N(c1ccc(-c2ccccc2)cc1)c1ccc2oc3ccccc3c2c1-4. The molecule has 0 radical (unpaired) electrons. The van der Waals surface area contributed by atoms with E-state index in [4.69, 9.17) is 4.42 Å². The highest BCUT2D eigenvalue weighted by atomic mass is 16.3. The maximum Gasteiger partial charge on any atom is 0.333 e. The summed E-state index contributed by atoms with van der Waals surface area (Å²) in [5.74, 6) is 0. The number of furan rings is 1. The summed E-state index contributed by atoms with van der Waals surface area (Å²) in [6, 6.07) is 93.5. The van der Waals surface area contributed by atoms with Crippen molar-refractivity contribution in [2.45, 2.75) is 19.3 Å². The van der Waals surface area contributed by atoms with Crippen LogP contribution in [0, 0.1) is 0 Å². The zero-order valence-electron chi connectivity index (χ0n) is 41.1. The second-order valence-corrected chi connectivity index (χ2v) is 20.4. The minimum atomic E-state index is -0.264. The summed E-state index contributed by atoms with van der Waals surface area (Å²) in [6.45, 7) is 4.62. The number of hydrogen-bond donors (Lipinski definition) is 0. The van der Waals surface area contributed by atoms with Crippen molar-refractivity contribution >= 4 is 85.2 Å². The number of rotatable bonds is 7. The van der Waals surface area contributed by atoms with Gasteiger partial charge in [-0.2, -0.15) is 0 Å². The third kappa shape index (κ3) is 6.36. The Morgan fingerprint density at radius 2 is 0.959 bits per heavy atom. The van der Waals surface area contributed by atoms with E-state index in [1.807, 2.05) is 0 Å². The van der Waals surface area contributed by atoms with Crippen LogP contribution >= 0.6 is 0 Å². The molecule has 0 saturated heterocycles. The third-order valence-corrected chi connectivity index (χ3v) is 16.0. The monoisotopic (exact) mass is 945 g/mol. The van der Waals surface area contributed by atoms with Crippen LogP contribution in [-0.2, 0) is 5.41 Å². The first-order valence-electron chi connectivity index (χ1n) is 25.7. The highest BCUT2D eigenvalue weighted by Crippen LogP contribution is 2.57. The van der Waals surface area contributed by atoms with Crippen molar-refractivity contribution in [3.05, 3.63) is 266 Å². The van der Waals surface area contributed by atoms with Gasteiger partial charge in [-0.05, 0) is 134 Å². The van der Waals surface area contributed by atoms with Crippen molar-refractivity contribution in [3.8, 4) is 44.5 Å². The van der Waals surface area contributed by atoms with Gasteiger partial charge >= 0.3 is 6.85 Å². The fourth-order valence-electron chi connectivity index (χ4n) is 12.6. The molecule has 0 saturated carbocycles. The summed E-state index contributed by atoms with van der Waals surface area (Å²) in [5.41, 5.74) is 25.2. The molecule has 0 aliphatic carbocycles. The zero-order valence-corrected chi connectivity index (χ0v) is 41.1. The lowest BCUT2D eigenvalue weighted by atomic mass is 9.42. The highest BCUT2D eigenvalue weighted by molar-refractivity contribution is 6.94. The third-order valence-electron chi connectivity index (χ3n) is 16.0. The van der Waals surface area contributed by atoms with Crippen LogP contribution in [0.1, 0.15) is 25.0 Å². The van der Waals surface area contributed by atoms with Gasteiger partial charge in [0.05, 0.1) is 5.69 Å². The lowest BCUT2D eigenvalue weighted by Crippen LogP contribution is -2.62. The second-order valence-electron chi connectivity index (χ2n) is 20.4. The molecule has 4 nitrogen and oxygen atoms in total. The largest absolute Gasteiger partial charge is 0.456 e. The molecule has 11 aromatic carbocycles. The normalized spacial score (nSPS) is 13.6. The average Bonchev–Trinajstić information content (AvgIpc) is 3.86. The number of anilines is 8. The Bertz CT molecular complexity index is 4070. The highest BCUT2D eigenvalue weighted by Gasteiger charge is 2.50. The van der Waals surface area contributed by atoms with E-state index in [-0.39, 0.29) is 12.3 Å². The van der Waals surface area contributed by atoms with Gasteiger partial charge < -0.3 is 19.0 Å². The van der Waals surface area contributed by atoms with Crippen molar-refractivity contribution in [1.29, 1.82) is 0 Å². The first-order chi connectivity index (χ1) is 36.5. The Morgan fingerprint density at radius 1 is 0.419 bits per heavy atom. The molecule has 3 aliphatic rings. The molecule has 0 amide bonds. The van der Waals surface area contributed by atoms with Gasteiger partial charge in [-0.25, -0.2) is 0 Å². The summed E-state index contributed by atoms with van der Waals surface area (Å²) in [7, 11) is 0. The van der Waals surface area contributed by atoms with Gasteiger partial charge in [0.2, 0.25) is 0 Å². The first-order valence-corrected chi connectivity index (χ1v) is 25.7. The van der Waals surface area contributed by atoms with Crippen LogP contribution in [0.15, 0.2) is 259 Å². The van der Waals surface area contributed by atoms with Gasteiger partial charge in [-0.3, -0.25) is 0 Å². The number of hydrogen-bond acceptors (Lipinski definition) is 4. The Labute approximate surface area is 431 Å². The van der Waals surface area contributed by atoms with Crippen LogP contribution in [0.25, 0.3) is 66.4 Å². The molecule has 1 aromatic heterocycles. The average molecular weight is 946 g/mol. The second kappa shape index (κ2) is 16.4. The van der Waals surface area contributed by atoms with Crippen LogP contribution in [0.4, 0.5) is 45.5 Å². The predicted octanol–water partition coefficient (Wildman–Crippen LogP) is 17.4. The minimum Gasteiger partial charge on any atom is -0.456 e. The Hall–Kier alpha value is -9.32. The van der Waals surface area contributed by atoms with Crippen molar-refractivity contribution in [2.24, 2.45) is 0 Å². The molecule has 74 heavy (non-hydrogen) atoms. The quantitative estimate of drug-likeness (QED) is 0.149. The van der Waals surface area contributed by atoms with Crippen molar-refractivity contribution in [1.82, 2.24) is 0 Å². The van der Waals surface area contributed by atoms with Crippen molar-refractivity contribution in [2.75, 3.05) is 14.6 Å². The molecule has 348 valence electrons. The lowest BCUT2D eigenvalue weighted by molar-refractivity contribution is 0.632. The van der Waals surface area contributed by atoms with Crippen LogP contribution in [0.5, 0.6) is 0 Å². The summed E-state index contributed by atoms with van der Waals surface area (Å²) in [5, 5.41) is 2.22. The van der Waals surface area contributed by atoms with E-state index < -0.39 is 0 Å². The topological polar surface area (TPSA) is 22.9 Å². The maximum absolute atomic E-state index is 6.80. The van der Waals surface area contributed by atoms with Crippen LogP contribution in [-0.4, -0.2) is 6.85 Å². The molecule has 0 spiro atoms. The molecule has 15 rings (SSSR count). The van der Waals surface area contributed by atoms with E-state index in [0.717, 1.165) is 55.9 Å². The molecule has 0 N–H and O–H groups in total. The van der Waals surface area contributed by atoms with Gasteiger partial charge in [0.15, 0.2) is 0 Å². The molecular formula is C69H48BN3O. The lowest BCUT2D eigenvalue weighted by Gasteiger charge is -2.50. The fraction of sp³-hybridized carbons (Fsp3) is 0.0435. The first kappa shape index (κ1) is 42.4. The molecule has 4 heterocycles. The summed E-state index contributed by atoms with van der Waals surface area (Å²) < 4.78 is 6.80. The predicted molar refractivity (Wildman–Crippen MR) is 311 cm³/mol. The van der Waals surface area contributed by atoms with Crippen molar-refractivity contribution in [3.63, 3.8) is 0 Å². The summed E-state index contributed by atoms with van der Waals surface area (Å²) >= 11 is 0. The van der Waals surface area contributed by atoms with Crippen LogP contribution in [0.2, 0.25) is 0 Å². The van der Waals surface area contributed by atoms with Gasteiger partial charge in [0.25, 0.3) is 0 Å². The molecular weight excluding hydrogens is 898 g/mol. The summed E-state index contributed by atoms with van der Waals surface area (Å²) in [6.07, 6.45) is 0.